The van der Waals surface area contributed by atoms with E-state index in [1.807, 2.05) is 48.5 Å². The van der Waals surface area contributed by atoms with Crippen molar-refractivity contribution in [3.8, 4) is 5.75 Å². The Hall–Kier alpha value is -2.82. The van der Waals surface area contributed by atoms with Gasteiger partial charge < -0.3 is 15.4 Å². The van der Waals surface area contributed by atoms with Crippen LogP contribution in [-0.2, 0) is 11.2 Å². The number of ether oxygens (including phenoxy) is 1. The highest BCUT2D eigenvalue weighted by molar-refractivity contribution is 5.97. The third-order valence-electron chi connectivity index (χ3n) is 4.50. The molecule has 0 saturated carbocycles. The lowest BCUT2D eigenvalue weighted by molar-refractivity contribution is -0.121. The van der Waals surface area contributed by atoms with Gasteiger partial charge in [-0.25, -0.2) is 0 Å². The fourth-order valence-electron chi connectivity index (χ4n) is 3.04. The van der Waals surface area contributed by atoms with E-state index in [0.717, 1.165) is 16.9 Å². The Morgan fingerprint density at radius 1 is 1.20 bits per heavy atom. The number of aryl methyl sites for hydroxylation is 1. The molecule has 0 fully saturated rings. The van der Waals surface area contributed by atoms with Gasteiger partial charge in [0, 0.05) is 31.0 Å². The van der Waals surface area contributed by atoms with Crippen LogP contribution in [0.2, 0.25) is 0 Å². The third kappa shape index (κ3) is 4.18. The summed E-state index contributed by atoms with van der Waals surface area (Å²) >= 11 is 0. The van der Waals surface area contributed by atoms with E-state index < -0.39 is 0 Å². The van der Waals surface area contributed by atoms with Crippen molar-refractivity contribution in [1.82, 2.24) is 10.6 Å². The number of hydrogen-bond acceptors (Lipinski definition) is 3. The van der Waals surface area contributed by atoms with Gasteiger partial charge in [0.2, 0.25) is 5.91 Å². The average Bonchev–Trinajstić information content (AvgIpc) is 2.66. The molecule has 2 amide bonds. The summed E-state index contributed by atoms with van der Waals surface area (Å²) in [6, 6.07) is 15.3. The van der Waals surface area contributed by atoms with E-state index in [2.05, 4.69) is 10.6 Å². The van der Waals surface area contributed by atoms with Gasteiger partial charge >= 0.3 is 0 Å². The maximum atomic E-state index is 12.1. The summed E-state index contributed by atoms with van der Waals surface area (Å²) in [5.41, 5.74) is 2.80. The first kappa shape index (κ1) is 17.0. The van der Waals surface area contributed by atoms with Gasteiger partial charge in [0.1, 0.15) is 5.75 Å². The number of hydrogen-bond donors (Lipinski definition) is 2. The first-order valence-electron chi connectivity index (χ1n) is 8.44. The monoisotopic (exact) mass is 338 g/mol. The summed E-state index contributed by atoms with van der Waals surface area (Å²) in [5.74, 6) is 0.896. The minimum absolute atomic E-state index is 0.0187. The number of carbonyl (C=O) groups excluding carboxylic acids is 2. The molecular weight excluding hydrogens is 316 g/mol. The van der Waals surface area contributed by atoms with Crippen molar-refractivity contribution >= 4 is 11.8 Å². The van der Waals surface area contributed by atoms with Gasteiger partial charge in [-0.1, -0.05) is 30.3 Å². The standard InChI is InChI=1S/C20H22N2O3/c1-25-16-9-6-14(7-10-16)8-11-19(23)21-12-15-13-22-20(24)18-5-3-2-4-17(15)18/h2-7,9-10,15H,8,11-13H2,1H3,(H,21,23)(H,22,24). The third-order valence-corrected chi connectivity index (χ3v) is 4.50. The van der Waals surface area contributed by atoms with E-state index in [1.165, 1.54) is 0 Å². The topological polar surface area (TPSA) is 67.4 Å². The first-order valence-corrected chi connectivity index (χ1v) is 8.44. The van der Waals surface area contributed by atoms with Crippen molar-refractivity contribution in [2.45, 2.75) is 18.8 Å². The van der Waals surface area contributed by atoms with Crippen molar-refractivity contribution in [2.75, 3.05) is 20.2 Å². The molecule has 1 heterocycles. The van der Waals surface area contributed by atoms with Crippen LogP contribution in [0.1, 0.15) is 33.8 Å². The molecule has 0 aromatic heterocycles. The number of methoxy groups -OCH3 is 1. The molecule has 0 saturated heterocycles. The van der Waals surface area contributed by atoms with Gasteiger partial charge in [0.15, 0.2) is 0 Å². The molecule has 3 rings (SSSR count). The van der Waals surface area contributed by atoms with E-state index in [0.29, 0.717) is 31.5 Å². The van der Waals surface area contributed by atoms with Crippen LogP contribution in [0, 0.1) is 0 Å². The lowest BCUT2D eigenvalue weighted by Gasteiger charge is -2.25. The molecule has 130 valence electrons. The summed E-state index contributed by atoms with van der Waals surface area (Å²) < 4.78 is 5.13. The Balaban J connectivity index is 1.51. The smallest absolute Gasteiger partial charge is 0.251 e. The largest absolute Gasteiger partial charge is 0.497 e. The SMILES string of the molecule is COc1ccc(CCC(=O)NCC2CNC(=O)c3ccccc32)cc1. The fraction of sp³-hybridized carbons (Fsp3) is 0.300. The fourth-order valence-corrected chi connectivity index (χ4v) is 3.04. The molecule has 0 aliphatic carbocycles. The number of nitrogens with one attached hydrogen (secondary N) is 2. The van der Waals surface area contributed by atoms with Gasteiger partial charge in [0.25, 0.3) is 5.91 Å². The van der Waals surface area contributed by atoms with Gasteiger partial charge in [-0.3, -0.25) is 9.59 Å². The Kier molecular flexibility index (Phi) is 5.33. The Labute approximate surface area is 147 Å². The Morgan fingerprint density at radius 2 is 1.96 bits per heavy atom. The maximum absolute atomic E-state index is 12.1. The Morgan fingerprint density at radius 3 is 2.72 bits per heavy atom. The minimum Gasteiger partial charge on any atom is -0.497 e. The van der Waals surface area contributed by atoms with Crippen molar-refractivity contribution in [2.24, 2.45) is 0 Å². The molecule has 0 bridgehead atoms. The molecule has 2 aromatic rings. The molecule has 5 nitrogen and oxygen atoms in total. The zero-order valence-corrected chi connectivity index (χ0v) is 14.2. The van der Waals surface area contributed by atoms with Crippen LogP contribution in [-0.4, -0.2) is 32.0 Å². The maximum Gasteiger partial charge on any atom is 0.251 e. The van der Waals surface area contributed by atoms with Crippen LogP contribution in [0.4, 0.5) is 0 Å². The number of fused-ring (bicyclic) bond motifs is 1. The molecule has 0 spiro atoms. The predicted octanol–water partition coefficient (Wildman–Crippen LogP) is 2.27. The predicted molar refractivity (Wildman–Crippen MR) is 95.8 cm³/mol. The van der Waals surface area contributed by atoms with E-state index >= 15 is 0 Å². The quantitative estimate of drug-likeness (QED) is 0.849. The van der Waals surface area contributed by atoms with Crippen molar-refractivity contribution in [3.05, 3.63) is 65.2 Å². The van der Waals surface area contributed by atoms with Crippen LogP contribution in [0.25, 0.3) is 0 Å². The van der Waals surface area contributed by atoms with E-state index in [9.17, 15) is 9.59 Å². The van der Waals surface area contributed by atoms with Crippen molar-refractivity contribution in [1.29, 1.82) is 0 Å². The lowest BCUT2D eigenvalue weighted by atomic mass is 9.90. The molecule has 2 N–H and O–H groups in total. The first-order chi connectivity index (χ1) is 12.2. The zero-order valence-electron chi connectivity index (χ0n) is 14.2. The molecule has 1 aliphatic rings. The molecule has 5 heteroatoms. The van der Waals surface area contributed by atoms with Gasteiger partial charge in [-0.05, 0) is 35.7 Å². The Bertz CT molecular complexity index is 756. The molecule has 1 aliphatic heterocycles. The van der Waals surface area contributed by atoms with Crippen LogP contribution >= 0.6 is 0 Å². The van der Waals surface area contributed by atoms with E-state index in [4.69, 9.17) is 4.74 Å². The number of carbonyl (C=O) groups is 2. The highest BCUT2D eigenvalue weighted by Gasteiger charge is 2.24. The summed E-state index contributed by atoms with van der Waals surface area (Å²) in [7, 11) is 1.63. The highest BCUT2D eigenvalue weighted by atomic mass is 16.5. The minimum atomic E-state index is -0.0438. The van der Waals surface area contributed by atoms with Crippen molar-refractivity contribution in [3.63, 3.8) is 0 Å². The van der Waals surface area contributed by atoms with Crippen LogP contribution in [0.5, 0.6) is 5.75 Å². The molecule has 1 atom stereocenters. The van der Waals surface area contributed by atoms with E-state index in [-0.39, 0.29) is 17.7 Å². The van der Waals surface area contributed by atoms with Crippen LogP contribution in [0.15, 0.2) is 48.5 Å². The van der Waals surface area contributed by atoms with Crippen molar-refractivity contribution < 1.29 is 14.3 Å². The van der Waals surface area contributed by atoms with E-state index in [1.54, 1.807) is 7.11 Å². The number of rotatable bonds is 6. The molecule has 0 radical (unpaired) electrons. The summed E-state index contributed by atoms with van der Waals surface area (Å²) in [5, 5.41) is 5.86. The molecular formula is C20H22N2O3. The van der Waals surface area contributed by atoms with Gasteiger partial charge in [-0.15, -0.1) is 0 Å². The molecule has 1 unspecified atom stereocenters. The van der Waals surface area contributed by atoms with Gasteiger partial charge in [-0.2, -0.15) is 0 Å². The second-order valence-corrected chi connectivity index (χ2v) is 6.15. The summed E-state index contributed by atoms with van der Waals surface area (Å²) in [6.07, 6.45) is 1.13. The second kappa shape index (κ2) is 7.83. The molecule has 2 aromatic carbocycles. The highest BCUT2D eigenvalue weighted by Crippen LogP contribution is 2.23. The number of benzene rings is 2. The average molecular weight is 338 g/mol. The number of amides is 2. The second-order valence-electron chi connectivity index (χ2n) is 6.15. The van der Waals surface area contributed by atoms with Crippen LogP contribution < -0.4 is 15.4 Å². The lowest BCUT2D eigenvalue weighted by Crippen LogP contribution is -2.40. The van der Waals surface area contributed by atoms with Crippen LogP contribution in [0.3, 0.4) is 0 Å². The van der Waals surface area contributed by atoms with Gasteiger partial charge in [0.05, 0.1) is 7.11 Å². The normalized spacial score (nSPS) is 15.9. The zero-order chi connectivity index (χ0) is 17.6. The summed E-state index contributed by atoms with van der Waals surface area (Å²) in [4.78, 5) is 24.0. The molecule has 25 heavy (non-hydrogen) atoms. The summed E-state index contributed by atoms with van der Waals surface area (Å²) in [6.45, 7) is 1.08.